The van der Waals surface area contributed by atoms with Gasteiger partial charge < -0.3 is 9.64 Å². The summed E-state index contributed by atoms with van der Waals surface area (Å²) in [6.07, 6.45) is 3.92. The summed E-state index contributed by atoms with van der Waals surface area (Å²) in [6, 6.07) is 0. The molecule has 0 aromatic rings. The van der Waals surface area contributed by atoms with E-state index in [9.17, 15) is 9.59 Å². The molecule has 1 heterocycles. The summed E-state index contributed by atoms with van der Waals surface area (Å²) >= 11 is 0. The highest BCUT2D eigenvalue weighted by atomic mass is 16.6. The SMILES string of the molecule is CCCC1CCN(C(=O)CCC(=O)OC(C)(C)C)C1. The van der Waals surface area contributed by atoms with E-state index in [-0.39, 0.29) is 24.7 Å². The fraction of sp³-hybridized carbons (Fsp3) is 0.867. The molecule has 19 heavy (non-hydrogen) atoms. The Bertz CT molecular complexity index is 320. The molecule has 1 amide bonds. The van der Waals surface area contributed by atoms with E-state index in [1.54, 1.807) is 0 Å². The summed E-state index contributed by atoms with van der Waals surface area (Å²) in [5.41, 5.74) is -0.472. The highest BCUT2D eigenvalue weighted by Gasteiger charge is 2.26. The van der Waals surface area contributed by atoms with Crippen LogP contribution in [0.2, 0.25) is 0 Å². The third-order valence-electron chi connectivity index (χ3n) is 3.30. The predicted molar refractivity (Wildman–Crippen MR) is 74.7 cm³/mol. The molecule has 0 bridgehead atoms. The van der Waals surface area contributed by atoms with Crippen molar-refractivity contribution >= 4 is 11.9 Å². The van der Waals surface area contributed by atoms with Crippen LogP contribution in [-0.4, -0.2) is 35.5 Å². The zero-order chi connectivity index (χ0) is 14.5. The van der Waals surface area contributed by atoms with Gasteiger partial charge in [0.05, 0.1) is 6.42 Å². The van der Waals surface area contributed by atoms with E-state index in [0.717, 1.165) is 19.5 Å². The number of ether oxygens (including phenoxy) is 1. The topological polar surface area (TPSA) is 46.6 Å². The molecule has 0 N–H and O–H groups in total. The average Bonchev–Trinajstić information content (AvgIpc) is 2.73. The molecule has 1 aliphatic rings. The van der Waals surface area contributed by atoms with E-state index < -0.39 is 5.60 Å². The quantitative estimate of drug-likeness (QED) is 0.721. The van der Waals surface area contributed by atoms with Crippen molar-refractivity contribution in [2.45, 2.75) is 65.4 Å². The lowest BCUT2D eigenvalue weighted by molar-refractivity contribution is -0.156. The number of hydrogen-bond donors (Lipinski definition) is 0. The van der Waals surface area contributed by atoms with Gasteiger partial charge in [0.1, 0.15) is 5.60 Å². The van der Waals surface area contributed by atoms with Crippen molar-refractivity contribution in [2.24, 2.45) is 5.92 Å². The first-order valence-corrected chi connectivity index (χ1v) is 7.31. The number of rotatable bonds is 5. The van der Waals surface area contributed by atoms with Gasteiger partial charge >= 0.3 is 5.97 Å². The molecular formula is C15H27NO3. The molecule has 0 aliphatic carbocycles. The maximum atomic E-state index is 12.0. The first kappa shape index (κ1) is 16.0. The van der Waals surface area contributed by atoms with Crippen molar-refractivity contribution in [3.63, 3.8) is 0 Å². The Balaban J connectivity index is 2.27. The summed E-state index contributed by atoms with van der Waals surface area (Å²) < 4.78 is 5.20. The molecule has 1 fully saturated rings. The zero-order valence-electron chi connectivity index (χ0n) is 12.7. The molecule has 1 unspecified atom stereocenters. The molecule has 4 nitrogen and oxygen atoms in total. The fourth-order valence-electron chi connectivity index (χ4n) is 2.46. The summed E-state index contributed by atoms with van der Waals surface area (Å²) in [4.78, 5) is 25.4. The van der Waals surface area contributed by atoms with Gasteiger partial charge in [-0.3, -0.25) is 9.59 Å². The van der Waals surface area contributed by atoms with Crippen LogP contribution in [0.5, 0.6) is 0 Å². The van der Waals surface area contributed by atoms with E-state index in [1.807, 2.05) is 25.7 Å². The molecule has 0 spiro atoms. The van der Waals surface area contributed by atoms with Gasteiger partial charge in [0.2, 0.25) is 5.91 Å². The Hall–Kier alpha value is -1.06. The molecular weight excluding hydrogens is 242 g/mol. The van der Waals surface area contributed by atoms with Crippen molar-refractivity contribution in [1.29, 1.82) is 0 Å². The normalized spacial score (nSPS) is 19.6. The third-order valence-corrected chi connectivity index (χ3v) is 3.30. The van der Waals surface area contributed by atoms with Crippen molar-refractivity contribution in [3.8, 4) is 0 Å². The number of carbonyl (C=O) groups excluding carboxylic acids is 2. The van der Waals surface area contributed by atoms with E-state index in [1.165, 1.54) is 12.8 Å². The Morgan fingerprint density at radius 2 is 1.95 bits per heavy atom. The van der Waals surface area contributed by atoms with E-state index in [4.69, 9.17) is 4.74 Å². The maximum Gasteiger partial charge on any atom is 0.306 e. The first-order chi connectivity index (χ1) is 8.81. The van der Waals surface area contributed by atoms with Crippen LogP contribution in [0, 0.1) is 5.92 Å². The predicted octanol–water partition coefficient (Wildman–Crippen LogP) is 2.76. The number of carbonyl (C=O) groups is 2. The molecule has 1 atom stereocenters. The van der Waals surface area contributed by atoms with Gasteiger partial charge in [0.25, 0.3) is 0 Å². The number of hydrogen-bond acceptors (Lipinski definition) is 3. The first-order valence-electron chi connectivity index (χ1n) is 7.31. The van der Waals surface area contributed by atoms with Gasteiger partial charge in [-0.25, -0.2) is 0 Å². The molecule has 1 saturated heterocycles. The molecule has 1 aliphatic heterocycles. The summed E-state index contributed by atoms with van der Waals surface area (Å²) in [5, 5.41) is 0. The Kier molecular flexibility index (Phi) is 5.83. The Labute approximate surface area is 116 Å². The maximum absolute atomic E-state index is 12.0. The van der Waals surface area contributed by atoms with Crippen LogP contribution in [0.15, 0.2) is 0 Å². The second kappa shape index (κ2) is 6.92. The van der Waals surface area contributed by atoms with Gasteiger partial charge in [0.15, 0.2) is 0 Å². The van der Waals surface area contributed by atoms with Crippen molar-refractivity contribution < 1.29 is 14.3 Å². The lowest BCUT2D eigenvalue weighted by Gasteiger charge is -2.20. The summed E-state index contributed by atoms with van der Waals surface area (Å²) in [7, 11) is 0. The minimum atomic E-state index is -0.472. The minimum absolute atomic E-state index is 0.0875. The van der Waals surface area contributed by atoms with Crippen LogP contribution in [-0.2, 0) is 14.3 Å². The third kappa shape index (κ3) is 6.08. The monoisotopic (exact) mass is 269 g/mol. The molecule has 1 rings (SSSR count). The van der Waals surface area contributed by atoms with Crippen molar-refractivity contribution in [2.75, 3.05) is 13.1 Å². The fourth-order valence-corrected chi connectivity index (χ4v) is 2.46. The second-order valence-electron chi connectivity index (χ2n) is 6.37. The molecule has 0 aromatic carbocycles. The number of likely N-dealkylation sites (tertiary alicyclic amines) is 1. The highest BCUT2D eigenvalue weighted by Crippen LogP contribution is 2.21. The van der Waals surface area contributed by atoms with E-state index in [0.29, 0.717) is 5.92 Å². The van der Waals surface area contributed by atoms with Crippen LogP contribution >= 0.6 is 0 Å². The van der Waals surface area contributed by atoms with Crippen LogP contribution in [0.4, 0.5) is 0 Å². The smallest absolute Gasteiger partial charge is 0.306 e. The van der Waals surface area contributed by atoms with Crippen LogP contribution in [0.1, 0.15) is 59.8 Å². The summed E-state index contributed by atoms with van der Waals surface area (Å²) in [5.74, 6) is 0.449. The largest absolute Gasteiger partial charge is 0.460 e. The lowest BCUT2D eigenvalue weighted by atomic mass is 10.0. The molecule has 4 heteroatoms. The standard InChI is InChI=1S/C15H27NO3/c1-5-6-12-9-10-16(11-12)13(17)7-8-14(18)19-15(2,3)4/h12H,5-11H2,1-4H3. The van der Waals surface area contributed by atoms with Crippen LogP contribution < -0.4 is 0 Å². The second-order valence-corrected chi connectivity index (χ2v) is 6.37. The minimum Gasteiger partial charge on any atom is -0.460 e. The highest BCUT2D eigenvalue weighted by molar-refractivity contribution is 5.81. The van der Waals surface area contributed by atoms with Crippen LogP contribution in [0.25, 0.3) is 0 Å². The van der Waals surface area contributed by atoms with Gasteiger partial charge in [-0.2, -0.15) is 0 Å². The van der Waals surface area contributed by atoms with Crippen LogP contribution in [0.3, 0.4) is 0 Å². The van der Waals surface area contributed by atoms with Gasteiger partial charge in [-0.1, -0.05) is 13.3 Å². The molecule has 0 saturated carbocycles. The van der Waals surface area contributed by atoms with Gasteiger partial charge in [-0.05, 0) is 39.5 Å². The molecule has 0 aromatic heterocycles. The van der Waals surface area contributed by atoms with Crippen molar-refractivity contribution in [1.82, 2.24) is 4.90 Å². The average molecular weight is 269 g/mol. The molecule has 0 radical (unpaired) electrons. The lowest BCUT2D eigenvalue weighted by Crippen LogP contribution is -2.30. The summed E-state index contributed by atoms with van der Waals surface area (Å²) in [6.45, 7) is 9.39. The van der Waals surface area contributed by atoms with Crippen molar-refractivity contribution in [3.05, 3.63) is 0 Å². The number of nitrogens with zero attached hydrogens (tertiary/aromatic N) is 1. The van der Waals surface area contributed by atoms with Gasteiger partial charge in [-0.15, -0.1) is 0 Å². The number of esters is 1. The molecule has 110 valence electrons. The Morgan fingerprint density at radius 3 is 2.53 bits per heavy atom. The van der Waals surface area contributed by atoms with Gasteiger partial charge in [0, 0.05) is 19.5 Å². The van der Waals surface area contributed by atoms with E-state index >= 15 is 0 Å². The zero-order valence-corrected chi connectivity index (χ0v) is 12.7. The number of amides is 1. The van der Waals surface area contributed by atoms with E-state index in [2.05, 4.69) is 6.92 Å². The Morgan fingerprint density at radius 1 is 1.26 bits per heavy atom.